The van der Waals surface area contributed by atoms with Crippen molar-refractivity contribution in [1.29, 1.82) is 5.26 Å². The van der Waals surface area contributed by atoms with Crippen LogP contribution in [-0.2, 0) is 16.1 Å². The highest BCUT2D eigenvalue weighted by molar-refractivity contribution is 9.10. The number of nitrogens with one attached hydrogen (secondary N) is 1. The van der Waals surface area contributed by atoms with Crippen LogP contribution in [-0.4, -0.2) is 95.4 Å². The number of nitriles is 1. The van der Waals surface area contributed by atoms with Gasteiger partial charge in [-0.3, -0.25) is 20.1 Å². The minimum Gasteiger partial charge on any atom is -0.475 e. The van der Waals surface area contributed by atoms with Crippen molar-refractivity contribution < 1.29 is 32.6 Å². The van der Waals surface area contributed by atoms with Crippen molar-refractivity contribution in [3.8, 4) is 6.07 Å². The molecule has 1 aromatic carbocycles. The van der Waals surface area contributed by atoms with Crippen molar-refractivity contribution in [2.45, 2.75) is 31.6 Å². The molecule has 2 N–H and O–H groups in total. The predicted molar refractivity (Wildman–Crippen MR) is 141 cm³/mol. The van der Waals surface area contributed by atoms with E-state index < -0.39 is 12.1 Å². The van der Waals surface area contributed by atoms with Crippen LogP contribution in [0.2, 0.25) is 0 Å². The number of carboxylic acids is 1. The van der Waals surface area contributed by atoms with Gasteiger partial charge in [0.25, 0.3) is 5.91 Å². The van der Waals surface area contributed by atoms with Gasteiger partial charge in [-0.2, -0.15) is 23.4 Å². The lowest BCUT2D eigenvalue weighted by atomic mass is 10.1. The number of ether oxygens (including phenoxy) is 1. The second-order valence-corrected chi connectivity index (χ2v) is 10.1. The molecule has 0 atom stereocenters. The number of halogens is 4. The molecule has 2 aromatic rings. The molecule has 1 aromatic heterocycles. The van der Waals surface area contributed by atoms with Gasteiger partial charge in [-0.05, 0) is 53.5 Å². The summed E-state index contributed by atoms with van der Waals surface area (Å²) >= 11 is 3.47. The van der Waals surface area contributed by atoms with Crippen LogP contribution in [0, 0.1) is 11.3 Å². The van der Waals surface area contributed by atoms with E-state index in [0.29, 0.717) is 29.1 Å². The highest BCUT2D eigenvalue weighted by Gasteiger charge is 2.38. The van der Waals surface area contributed by atoms with Crippen LogP contribution >= 0.6 is 15.9 Å². The lowest BCUT2D eigenvalue weighted by molar-refractivity contribution is -0.192. The molecule has 15 heteroatoms. The molecule has 2 aliphatic rings. The fourth-order valence-corrected chi connectivity index (χ4v) is 4.42. The third-order valence-corrected chi connectivity index (χ3v) is 6.85. The molecule has 3 heterocycles. The largest absolute Gasteiger partial charge is 0.490 e. The maximum atomic E-state index is 13.2. The van der Waals surface area contributed by atoms with Gasteiger partial charge in [0.1, 0.15) is 6.07 Å². The Kier molecular flexibility index (Phi) is 11.2. The summed E-state index contributed by atoms with van der Waals surface area (Å²) in [7, 11) is 2.15. The average molecular weight is 628 g/mol. The third-order valence-electron chi connectivity index (χ3n) is 6.29. The Labute approximate surface area is 237 Å². The van der Waals surface area contributed by atoms with Gasteiger partial charge in [0.2, 0.25) is 5.82 Å². The first-order valence-corrected chi connectivity index (χ1v) is 13.2. The SMILES string of the molecule is CN1CCN(Cc2ccc(C(=O)NN(c3nc(C#N)ncc3Br)C3CCOCC3)cc2)CC1.O=C(O)C(F)(F)F. The van der Waals surface area contributed by atoms with E-state index in [0.717, 1.165) is 45.6 Å². The molecule has 0 spiro atoms. The number of carboxylic acid groups (broad SMARTS) is 1. The number of alkyl halides is 3. The Hall–Kier alpha value is -3.32. The molecular formula is C25H29BrF3N7O4. The Balaban J connectivity index is 0.000000559. The number of rotatable bonds is 6. The standard InChI is InChI=1S/C23H28BrN7O2.C2HF3O2/c1-29-8-10-30(11-9-29)16-17-2-4-18(5-3-17)23(32)28-31(19-6-12-33-13-7-19)22-20(24)15-26-21(14-25)27-22;3-2(4,5)1(6)7/h2-5,15,19H,6-13,16H2,1H3,(H,28,32);(H,6,7). The first-order valence-electron chi connectivity index (χ1n) is 12.4. The van der Waals surface area contributed by atoms with Crippen molar-refractivity contribution in [2.24, 2.45) is 0 Å². The lowest BCUT2D eigenvalue weighted by Crippen LogP contribution is -2.51. The monoisotopic (exact) mass is 627 g/mol. The number of nitrogens with zero attached hydrogens (tertiary/aromatic N) is 6. The molecular weight excluding hydrogens is 599 g/mol. The molecule has 0 saturated carbocycles. The molecule has 11 nitrogen and oxygen atoms in total. The number of aromatic nitrogens is 2. The summed E-state index contributed by atoms with van der Waals surface area (Å²) in [4.78, 5) is 35.1. The molecule has 40 heavy (non-hydrogen) atoms. The summed E-state index contributed by atoms with van der Waals surface area (Å²) in [5.74, 6) is -2.47. The molecule has 0 unspecified atom stereocenters. The highest BCUT2D eigenvalue weighted by atomic mass is 79.9. The van der Waals surface area contributed by atoms with Crippen LogP contribution in [0.3, 0.4) is 0 Å². The van der Waals surface area contributed by atoms with Gasteiger partial charge >= 0.3 is 12.1 Å². The van der Waals surface area contributed by atoms with Gasteiger partial charge in [0.15, 0.2) is 5.82 Å². The zero-order valence-electron chi connectivity index (χ0n) is 21.7. The van der Waals surface area contributed by atoms with Crippen LogP contribution in [0.5, 0.6) is 0 Å². The van der Waals surface area contributed by atoms with Crippen molar-refractivity contribution in [3.63, 3.8) is 0 Å². The Morgan fingerprint density at radius 1 is 1.20 bits per heavy atom. The van der Waals surface area contributed by atoms with Gasteiger partial charge < -0.3 is 14.7 Å². The second kappa shape index (κ2) is 14.4. The first-order chi connectivity index (χ1) is 19.0. The van der Waals surface area contributed by atoms with E-state index in [1.54, 1.807) is 5.01 Å². The number of anilines is 1. The number of benzene rings is 1. The second-order valence-electron chi connectivity index (χ2n) is 9.21. The summed E-state index contributed by atoms with van der Waals surface area (Å²) < 4.78 is 37.8. The molecule has 4 rings (SSSR count). The number of aliphatic carboxylic acids is 1. The number of hydrazine groups is 1. The molecule has 216 valence electrons. The van der Waals surface area contributed by atoms with Gasteiger partial charge in [0.05, 0.1) is 10.5 Å². The van der Waals surface area contributed by atoms with Crippen LogP contribution in [0.25, 0.3) is 0 Å². The van der Waals surface area contributed by atoms with E-state index >= 15 is 0 Å². The molecule has 2 saturated heterocycles. The van der Waals surface area contributed by atoms with E-state index in [2.05, 4.69) is 48.2 Å². The summed E-state index contributed by atoms with van der Waals surface area (Å²) in [6, 6.07) is 9.71. The predicted octanol–water partition coefficient (Wildman–Crippen LogP) is 2.82. The Bertz CT molecular complexity index is 1200. The van der Waals surface area contributed by atoms with Gasteiger partial charge in [-0.15, -0.1) is 0 Å². The van der Waals surface area contributed by atoms with Crippen LogP contribution < -0.4 is 10.4 Å². The van der Waals surface area contributed by atoms with Gasteiger partial charge in [-0.1, -0.05) is 12.1 Å². The van der Waals surface area contributed by atoms with Crippen LogP contribution in [0.4, 0.5) is 19.0 Å². The van der Waals surface area contributed by atoms with Crippen molar-refractivity contribution in [2.75, 3.05) is 51.4 Å². The van der Waals surface area contributed by atoms with E-state index in [-0.39, 0.29) is 17.8 Å². The van der Waals surface area contributed by atoms with Crippen molar-refractivity contribution in [3.05, 3.63) is 51.9 Å². The quantitative estimate of drug-likeness (QED) is 0.460. The number of carbonyl (C=O) groups is 2. The van der Waals surface area contributed by atoms with Crippen molar-refractivity contribution in [1.82, 2.24) is 25.2 Å². The lowest BCUT2D eigenvalue weighted by Gasteiger charge is -2.35. The van der Waals surface area contributed by atoms with Crippen LogP contribution in [0.1, 0.15) is 34.6 Å². The maximum absolute atomic E-state index is 13.2. The minimum atomic E-state index is -5.08. The Morgan fingerprint density at radius 3 is 2.35 bits per heavy atom. The van der Waals surface area contributed by atoms with Crippen molar-refractivity contribution >= 4 is 33.6 Å². The van der Waals surface area contributed by atoms with E-state index in [9.17, 15) is 23.2 Å². The number of carbonyl (C=O) groups excluding carboxylic acids is 1. The fourth-order valence-electron chi connectivity index (χ4n) is 4.04. The minimum absolute atomic E-state index is 0.00283. The average Bonchev–Trinajstić information content (AvgIpc) is 2.94. The zero-order valence-corrected chi connectivity index (χ0v) is 23.3. The molecule has 0 aliphatic carbocycles. The molecule has 2 aliphatic heterocycles. The molecule has 2 fully saturated rings. The van der Waals surface area contributed by atoms with E-state index in [1.165, 1.54) is 11.8 Å². The van der Waals surface area contributed by atoms with Gasteiger partial charge in [0, 0.05) is 57.7 Å². The number of amides is 1. The number of likely N-dealkylation sites (N-methyl/N-ethyl adjacent to an activating group) is 1. The third kappa shape index (κ3) is 9.12. The molecule has 0 bridgehead atoms. The Morgan fingerprint density at radius 2 is 1.80 bits per heavy atom. The number of hydrogen-bond acceptors (Lipinski definition) is 9. The number of hydrogen-bond donors (Lipinski definition) is 2. The van der Waals surface area contributed by atoms with Crippen LogP contribution in [0.15, 0.2) is 34.9 Å². The molecule has 1 amide bonds. The zero-order chi connectivity index (χ0) is 29.3. The summed E-state index contributed by atoms with van der Waals surface area (Å²) in [6.45, 7) is 6.35. The fraction of sp³-hybridized carbons (Fsp3) is 0.480. The van der Waals surface area contributed by atoms with Gasteiger partial charge in [-0.25, -0.2) is 9.78 Å². The van der Waals surface area contributed by atoms with E-state index in [1.807, 2.05) is 30.3 Å². The highest BCUT2D eigenvalue weighted by Crippen LogP contribution is 2.27. The summed E-state index contributed by atoms with van der Waals surface area (Å²) in [5, 5.41) is 18.1. The van der Waals surface area contributed by atoms with E-state index in [4.69, 9.17) is 14.6 Å². The molecule has 0 radical (unpaired) electrons. The topological polar surface area (TPSA) is 135 Å². The normalized spacial score (nSPS) is 16.8. The maximum Gasteiger partial charge on any atom is 0.490 e. The summed E-state index contributed by atoms with van der Waals surface area (Å²) in [5.41, 5.74) is 4.77. The summed E-state index contributed by atoms with van der Waals surface area (Å²) in [6.07, 6.45) is -2.07. The smallest absolute Gasteiger partial charge is 0.475 e. The number of piperazine rings is 1. The first kappa shape index (κ1) is 31.2.